The predicted molar refractivity (Wildman–Crippen MR) is 238 cm³/mol. The second-order valence-corrected chi connectivity index (χ2v) is 15.3. The maximum Gasteiger partial charge on any atom is 0.306 e. The predicted octanol–water partition coefficient (Wildman–Crippen LogP) is 14.9. The van der Waals surface area contributed by atoms with Crippen molar-refractivity contribution in [3.63, 3.8) is 0 Å². The third-order valence-electron chi connectivity index (χ3n) is 9.77. The largest absolute Gasteiger partial charge is 0.462 e. The topological polar surface area (TPSA) is 78.9 Å². The third-order valence-corrected chi connectivity index (χ3v) is 9.77. The normalized spacial score (nSPS) is 12.6. The van der Waals surface area contributed by atoms with Crippen LogP contribution in [0.25, 0.3) is 0 Å². The Labute approximate surface area is 345 Å². The highest BCUT2D eigenvalue weighted by molar-refractivity contribution is 5.71. The molecule has 6 heteroatoms. The molecule has 322 valence electrons. The lowest BCUT2D eigenvalue weighted by atomic mass is 10.1. The van der Waals surface area contributed by atoms with Gasteiger partial charge in [-0.25, -0.2) is 0 Å². The second-order valence-electron chi connectivity index (χ2n) is 15.3. The molecule has 0 radical (unpaired) electrons. The standard InChI is InChI=1S/C50H86O6/c1-4-7-10-13-16-19-22-24-26-28-31-34-37-40-43-49(52)55-46-47(45-54-48(51)42-39-36-33-30-27-21-18-15-12-9-6-3)56-50(53)44-41-38-35-32-29-25-23-20-17-14-11-8-5-2/h8,11,17,20,22,24-25,29,35,38,47H,4-7,9-10,12-16,18-19,21,23,26-28,30-34,36-37,39-46H2,1-3H3/b11-8-,20-17-,24-22-,29-25-,38-35-. The average molecular weight is 783 g/mol. The molecule has 0 bridgehead atoms. The molecule has 0 aromatic rings. The minimum Gasteiger partial charge on any atom is -0.462 e. The van der Waals surface area contributed by atoms with Crippen molar-refractivity contribution < 1.29 is 28.6 Å². The summed E-state index contributed by atoms with van der Waals surface area (Å²) in [7, 11) is 0. The van der Waals surface area contributed by atoms with E-state index in [0.717, 1.165) is 70.6 Å². The van der Waals surface area contributed by atoms with Crippen LogP contribution in [0.3, 0.4) is 0 Å². The van der Waals surface area contributed by atoms with E-state index in [1.165, 1.54) is 103 Å². The van der Waals surface area contributed by atoms with Gasteiger partial charge < -0.3 is 14.2 Å². The molecule has 0 aliphatic heterocycles. The number of hydrogen-bond donors (Lipinski definition) is 0. The first-order chi connectivity index (χ1) is 27.5. The Morgan fingerprint density at radius 2 is 0.732 bits per heavy atom. The quantitative estimate of drug-likeness (QED) is 0.0266. The third kappa shape index (κ3) is 42.3. The summed E-state index contributed by atoms with van der Waals surface area (Å²) in [5, 5.41) is 0. The van der Waals surface area contributed by atoms with Crippen molar-refractivity contribution in [2.75, 3.05) is 13.2 Å². The van der Waals surface area contributed by atoms with Gasteiger partial charge in [-0.3, -0.25) is 14.4 Å². The minimum atomic E-state index is -0.811. The first kappa shape index (κ1) is 53.1. The second kappa shape index (κ2) is 44.8. The van der Waals surface area contributed by atoms with Crippen molar-refractivity contribution in [3.05, 3.63) is 60.8 Å². The number of carbonyl (C=O) groups is 3. The SMILES string of the molecule is CC/C=C\C/C=C\C/C=C\C/C=C\CCC(=O)OC(COC(=O)CCCCCCC/C=C\CCCCCCC)COC(=O)CCCCCCCCCCCCC. The van der Waals surface area contributed by atoms with E-state index < -0.39 is 12.1 Å². The van der Waals surface area contributed by atoms with Gasteiger partial charge in [-0.15, -0.1) is 0 Å². The van der Waals surface area contributed by atoms with Crippen molar-refractivity contribution in [2.45, 2.75) is 226 Å². The Balaban J connectivity index is 4.48. The van der Waals surface area contributed by atoms with E-state index in [4.69, 9.17) is 14.2 Å². The van der Waals surface area contributed by atoms with Crippen LogP contribution in [-0.2, 0) is 28.6 Å². The summed E-state index contributed by atoms with van der Waals surface area (Å²) in [6.45, 7) is 6.42. The van der Waals surface area contributed by atoms with Crippen LogP contribution in [0.4, 0.5) is 0 Å². The zero-order valence-electron chi connectivity index (χ0n) is 36.6. The summed E-state index contributed by atoms with van der Waals surface area (Å²) in [6.07, 6.45) is 53.6. The van der Waals surface area contributed by atoms with Gasteiger partial charge in [0.25, 0.3) is 0 Å². The molecule has 0 fully saturated rings. The molecule has 0 saturated carbocycles. The number of esters is 3. The first-order valence-corrected chi connectivity index (χ1v) is 23.3. The van der Waals surface area contributed by atoms with E-state index in [2.05, 4.69) is 69.4 Å². The molecule has 56 heavy (non-hydrogen) atoms. The summed E-state index contributed by atoms with van der Waals surface area (Å²) >= 11 is 0. The highest BCUT2D eigenvalue weighted by Gasteiger charge is 2.19. The Bertz CT molecular complexity index is 1040. The van der Waals surface area contributed by atoms with Gasteiger partial charge in [-0.1, -0.05) is 191 Å². The van der Waals surface area contributed by atoms with Crippen molar-refractivity contribution >= 4 is 17.9 Å². The molecular formula is C50H86O6. The highest BCUT2D eigenvalue weighted by atomic mass is 16.6. The first-order valence-electron chi connectivity index (χ1n) is 23.3. The molecule has 6 nitrogen and oxygen atoms in total. The maximum atomic E-state index is 12.7. The Morgan fingerprint density at radius 3 is 1.16 bits per heavy atom. The van der Waals surface area contributed by atoms with Crippen molar-refractivity contribution in [1.29, 1.82) is 0 Å². The van der Waals surface area contributed by atoms with E-state index >= 15 is 0 Å². The Hall–Kier alpha value is -2.89. The molecule has 0 rings (SSSR count). The van der Waals surface area contributed by atoms with Crippen LogP contribution in [0, 0.1) is 0 Å². The van der Waals surface area contributed by atoms with Crippen molar-refractivity contribution in [2.24, 2.45) is 0 Å². The molecule has 0 amide bonds. The molecule has 0 heterocycles. The van der Waals surface area contributed by atoms with Crippen molar-refractivity contribution in [3.8, 4) is 0 Å². The number of unbranched alkanes of at least 4 members (excludes halogenated alkanes) is 20. The van der Waals surface area contributed by atoms with Gasteiger partial charge >= 0.3 is 17.9 Å². The lowest BCUT2D eigenvalue weighted by Gasteiger charge is -2.18. The molecule has 0 saturated heterocycles. The van der Waals surface area contributed by atoms with Crippen LogP contribution in [0.5, 0.6) is 0 Å². The fourth-order valence-electron chi connectivity index (χ4n) is 6.27. The smallest absolute Gasteiger partial charge is 0.306 e. The monoisotopic (exact) mass is 783 g/mol. The molecule has 0 aliphatic carbocycles. The molecule has 0 spiro atoms. The van der Waals surface area contributed by atoms with E-state index in [0.29, 0.717) is 19.3 Å². The van der Waals surface area contributed by atoms with Crippen LogP contribution in [0.15, 0.2) is 60.8 Å². The van der Waals surface area contributed by atoms with Gasteiger partial charge in [0.15, 0.2) is 6.10 Å². The molecular weight excluding hydrogens is 697 g/mol. The maximum absolute atomic E-state index is 12.7. The summed E-state index contributed by atoms with van der Waals surface area (Å²) in [4.78, 5) is 37.7. The average Bonchev–Trinajstić information content (AvgIpc) is 3.19. The molecule has 0 aromatic heterocycles. The highest BCUT2D eigenvalue weighted by Crippen LogP contribution is 2.14. The van der Waals surface area contributed by atoms with Crippen LogP contribution in [0.1, 0.15) is 220 Å². The van der Waals surface area contributed by atoms with Crippen molar-refractivity contribution in [1.82, 2.24) is 0 Å². The fourth-order valence-corrected chi connectivity index (χ4v) is 6.27. The van der Waals surface area contributed by atoms with Crippen LogP contribution in [0.2, 0.25) is 0 Å². The van der Waals surface area contributed by atoms with E-state index in [1.807, 2.05) is 12.2 Å². The lowest BCUT2D eigenvalue weighted by molar-refractivity contribution is -0.166. The summed E-state index contributed by atoms with van der Waals surface area (Å²) in [6, 6.07) is 0. The van der Waals surface area contributed by atoms with Gasteiger partial charge in [-0.05, 0) is 70.6 Å². The van der Waals surface area contributed by atoms with Gasteiger partial charge in [0.1, 0.15) is 13.2 Å². The van der Waals surface area contributed by atoms with E-state index in [9.17, 15) is 14.4 Å². The molecule has 0 N–H and O–H groups in total. The molecule has 1 atom stereocenters. The zero-order chi connectivity index (χ0) is 40.8. The fraction of sp³-hybridized carbons (Fsp3) is 0.740. The minimum absolute atomic E-state index is 0.104. The summed E-state index contributed by atoms with van der Waals surface area (Å²) < 4.78 is 16.6. The molecule has 0 aromatic carbocycles. The van der Waals surface area contributed by atoms with Crippen LogP contribution < -0.4 is 0 Å². The molecule has 1 unspecified atom stereocenters. The number of carbonyl (C=O) groups excluding carboxylic acids is 3. The Morgan fingerprint density at radius 1 is 0.375 bits per heavy atom. The lowest BCUT2D eigenvalue weighted by Crippen LogP contribution is -2.30. The van der Waals surface area contributed by atoms with E-state index in [1.54, 1.807) is 0 Å². The Kier molecular flexibility index (Phi) is 42.5. The zero-order valence-corrected chi connectivity index (χ0v) is 36.6. The summed E-state index contributed by atoms with van der Waals surface area (Å²) in [5.74, 6) is -0.997. The summed E-state index contributed by atoms with van der Waals surface area (Å²) in [5.41, 5.74) is 0. The number of hydrogen-bond acceptors (Lipinski definition) is 6. The van der Waals surface area contributed by atoms with Gasteiger partial charge in [0.2, 0.25) is 0 Å². The molecule has 0 aliphatic rings. The van der Waals surface area contributed by atoms with Gasteiger partial charge in [0, 0.05) is 19.3 Å². The van der Waals surface area contributed by atoms with Crippen LogP contribution in [-0.4, -0.2) is 37.2 Å². The van der Waals surface area contributed by atoms with Gasteiger partial charge in [-0.2, -0.15) is 0 Å². The number of allylic oxidation sites excluding steroid dienone is 10. The van der Waals surface area contributed by atoms with Crippen LogP contribution >= 0.6 is 0 Å². The number of ether oxygens (including phenoxy) is 3. The van der Waals surface area contributed by atoms with E-state index in [-0.39, 0.29) is 31.6 Å². The number of rotatable bonds is 41. The van der Waals surface area contributed by atoms with Gasteiger partial charge in [0.05, 0.1) is 0 Å².